The van der Waals surface area contributed by atoms with E-state index < -0.39 is 11.7 Å². The minimum absolute atomic E-state index is 0.0894. The predicted octanol–water partition coefficient (Wildman–Crippen LogP) is 5.06. The first kappa shape index (κ1) is 25.0. The fourth-order valence-electron chi connectivity index (χ4n) is 4.49. The van der Waals surface area contributed by atoms with Crippen LogP contribution in [-0.4, -0.2) is 30.1 Å². The molecule has 0 bridgehead atoms. The van der Waals surface area contributed by atoms with Gasteiger partial charge in [0.1, 0.15) is 23.5 Å². The van der Waals surface area contributed by atoms with Crippen molar-refractivity contribution in [1.82, 2.24) is 4.98 Å². The first-order valence-corrected chi connectivity index (χ1v) is 12.4. The minimum Gasteiger partial charge on any atom is -0.490 e. The molecule has 194 valence electrons. The van der Waals surface area contributed by atoms with Gasteiger partial charge in [0.2, 0.25) is 0 Å². The molecule has 8 nitrogen and oxygen atoms in total. The summed E-state index contributed by atoms with van der Waals surface area (Å²) >= 11 is 0. The summed E-state index contributed by atoms with van der Waals surface area (Å²) in [5.41, 5.74) is 11.4. The Balaban J connectivity index is 1.21. The van der Waals surface area contributed by atoms with Crippen molar-refractivity contribution in [2.24, 2.45) is 5.84 Å². The number of aromatic nitrogens is 1. The molecule has 0 atom stereocenters. The lowest BCUT2D eigenvalue weighted by molar-refractivity contribution is 0.102. The number of halogens is 1. The molecule has 0 unspecified atom stereocenters. The van der Waals surface area contributed by atoms with E-state index in [9.17, 15) is 9.18 Å². The van der Waals surface area contributed by atoms with Crippen LogP contribution in [0, 0.1) is 5.82 Å². The number of nitrogens with zero attached hydrogens (tertiary/aromatic N) is 2. The Morgan fingerprint density at radius 3 is 2.39 bits per heavy atom. The lowest BCUT2D eigenvalue weighted by Crippen LogP contribution is -2.38. The Kier molecular flexibility index (Phi) is 7.37. The highest BCUT2D eigenvalue weighted by molar-refractivity contribution is 6.05. The van der Waals surface area contributed by atoms with Crippen molar-refractivity contribution < 1.29 is 13.9 Å². The number of hydrazine groups is 1. The molecule has 5 rings (SSSR count). The van der Waals surface area contributed by atoms with Gasteiger partial charge in [-0.1, -0.05) is 18.2 Å². The molecule has 1 fully saturated rings. The number of benzene rings is 3. The van der Waals surface area contributed by atoms with Crippen LogP contribution in [-0.2, 0) is 0 Å². The van der Waals surface area contributed by atoms with Gasteiger partial charge < -0.3 is 26.1 Å². The van der Waals surface area contributed by atoms with E-state index >= 15 is 0 Å². The predicted molar refractivity (Wildman–Crippen MR) is 149 cm³/mol. The first-order valence-electron chi connectivity index (χ1n) is 12.4. The van der Waals surface area contributed by atoms with Crippen molar-refractivity contribution in [2.75, 3.05) is 34.5 Å². The van der Waals surface area contributed by atoms with E-state index in [4.69, 9.17) is 16.3 Å². The molecular weight excluding hydrogens is 483 g/mol. The van der Waals surface area contributed by atoms with Gasteiger partial charge in [-0.25, -0.2) is 9.37 Å². The number of piperidine rings is 1. The number of carbonyl (C=O) groups is 1. The average Bonchev–Trinajstić information content (AvgIpc) is 2.95. The van der Waals surface area contributed by atoms with Gasteiger partial charge in [0.25, 0.3) is 5.91 Å². The van der Waals surface area contributed by atoms with Gasteiger partial charge in [-0.3, -0.25) is 10.6 Å². The lowest BCUT2D eigenvalue weighted by Gasteiger charge is -2.33. The number of rotatable bonds is 7. The van der Waals surface area contributed by atoms with Crippen molar-refractivity contribution in [1.29, 1.82) is 0 Å². The van der Waals surface area contributed by atoms with Gasteiger partial charge in [-0.05, 0) is 66.7 Å². The SMILES string of the molecule is NNc1ccc(-c2ccc(F)c(C(=O)Nc3ccc(N4CCC(Oc5ccccc5)CC4)cc3)c2)nc1N. The molecule has 9 heteroatoms. The number of nitrogen functional groups attached to an aromatic ring is 2. The summed E-state index contributed by atoms with van der Waals surface area (Å²) in [4.78, 5) is 19.5. The topological polar surface area (TPSA) is 119 Å². The van der Waals surface area contributed by atoms with Gasteiger partial charge in [-0.2, -0.15) is 0 Å². The molecule has 1 aromatic heterocycles. The van der Waals surface area contributed by atoms with Crippen molar-refractivity contribution in [3.05, 3.63) is 96.3 Å². The monoisotopic (exact) mass is 512 g/mol. The Morgan fingerprint density at radius 2 is 1.71 bits per heavy atom. The Hall–Kier alpha value is -4.63. The maximum absolute atomic E-state index is 14.6. The molecule has 2 heterocycles. The standard InChI is InChI=1S/C29H29FN6O2/c30-25-11-6-19(26-12-13-27(35-32)28(31)34-26)18-24(25)29(37)33-20-7-9-21(10-8-20)36-16-14-23(15-17-36)38-22-4-2-1-3-5-22/h1-13,18,23,35H,14-17,32H2,(H2,31,34)(H,33,37). The molecule has 4 aromatic rings. The van der Waals surface area contributed by atoms with E-state index in [1.165, 1.54) is 12.1 Å². The largest absolute Gasteiger partial charge is 0.490 e. The van der Waals surface area contributed by atoms with E-state index in [-0.39, 0.29) is 17.5 Å². The molecular formula is C29H29FN6O2. The van der Waals surface area contributed by atoms with Gasteiger partial charge in [0, 0.05) is 42.9 Å². The fourth-order valence-corrected chi connectivity index (χ4v) is 4.49. The molecule has 0 saturated carbocycles. The average molecular weight is 513 g/mol. The highest BCUT2D eigenvalue weighted by Gasteiger charge is 2.21. The second-order valence-electron chi connectivity index (χ2n) is 9.09. The Morgan fingerprint density at radius 1 is 0.974 bits per heavy atom. The minimum atomic E-state index is -0.628. The molecule has 1 amide bonds. The number of hydrogen-bond donors (Lipinski definition) is 4. The van der Waals surface area contributed by atoms with Crippen LogP contribution in [0.25, 0.3) is 11.3 Å². The van der Waals surface area contributed by atoms with E-state index in [2.05, 4.69) is 20.6 Å². The van der Waals surface area contributed by atoms with Crippen LogP contribution in [0.5, 0.6) is 5.75 Å². The number of para-hydroxylation sites is 1. The fraction of sp³-hybridized carbons (Fsp3) is 0.172. The molecule has 0 spiro atoms. The number of pyridine rings is 1. The number of anilines is 4. The van der Waals surface area contributed by atoms with Crippen LogP contribution in [0.15, 0.2) is 84.9 Å². The van der Waals surface area contributed by atoms with Crippen LogP contribution in [0.2, 0.25) is 0 Å². The summed E-state index contributed by atoms with van der Waals surface area (Å²) in [7, 11) is 0. The zero-order chi connectivity index (χ0) is 26.5. The summed E-state index contributed by atoms with van der Waals surface area (Å²) in [6.45, 7) is 1.75. The van der Waals surface area contributed by atoms with Crippen LogP contribution in [0.4, 0.5) is 27.3 Å². The number of carbonyl (C=O) groups excluding carboxylic acids is 1. The van der Waals surface area contributed by atoms with Gasteiger partial charge >= 0.3 is 0 Å². The molecule has 1 saturated heterocycles. The van der Waals surface area contributed by atoms with E-state index in [1.54, 1.807) is 18.2 Å². The van der Waals surface area contributed by atoms with E-state index in [1.807, 2.05) is 54.6 Å². The molecule has 38 heavy (non-hydrogen) atoms. The van der Waals surface area contributed by atoms with E-state index in [0.29, 0.717) is 22.6 Å². The second-order valence-corrected chi connectivity index (χ2v) is 9.09. The third kappa shape index (κ3) is 5.68. The summed E-state index contributed by atoms with van der Waals surface area (Å²) in [5.74, 6) is 5.32. The Labute approximate surface area is 220 Å². The van der Waals surface area contributed by atoms with Crippen LogP contribution >= 0.6 is 0 Å². The van der Waals surface area contributed by atoms with Crippen LogP contribution < -0.4 is 32.0 Å². The molecule has 0 radical (unpaired) electrons. The molecule has 1 aliphatic heterocycles. The third-order valence-corrected chi connectivity index (χ3v) is 6.57. The second kappa shape index (κ2) is 11.2. The molecule has 3 aromatic carbocycles. The van der Waals surface area contributed by atoms with E-state index in [0.717, 1.165) is 37.4 Å². The summed E-state index contributed by atoms with van der Waals surface area (Å²) < 4.78 is 20.6. The quantitative estimate of drug-likeness (QED) is 0.202. The number of ether oxygens (including phenoxy) is 1. The summed E-state index contributed by atoms with van der Waals surface area (Å²) in [6.07, 6.45) is 2.05. The van der Waals surface area contributed by atoms with Crippen molar-refractivity contribution in [3.63, 3.8) is 0 Å². The first-order chi connectivity index (χ1) is 18.5. The molecule has 0 aliphatic carbocycles. The van der Waals surface area contributed by atoms with Gasteiger partial charge in [0.05, 0.1) is 16.9 Å². The van der Waals surface area contributed by atoms with Gasteiger partial charge in [0.15, 0.2) is 0 Å². The summed E-state index contributed by atoms with van der Waals surface area (Å²) in [5, 5.41) is 2.78. The zero-order valence-corrected chi connectivity index (χ0v) is 20.7. The highest BCUT2D eigenvalue weighted by Crippen LogP contribution is 2.27. The molecule has 6 N–H and O–H groups in total. The van der Waals surface area contributed by atoms with Crippen molar-refractivity contribution >= 4 is 28.8 Å². The highest BCUT2D eigenvalue weighted by atomic mass is 19.1. The van der Waals surface area contributed by atoms with Crippen molar-refractivity contribution in [2.45, 2.75) is 18.9 Å². The van der Waals surface area contributed by atoms with Crippen LogP contribution in [0.1, 0.15) is 23.2 Å². The lowest BCUT2D eigenvalue weighted by atomic mass is 10.1. The third-order valence-electron chi connectivity index (χ3n) is 6.57. The van der Waals surface area contributed by atoms with Gasteiger partial charge in [-0.15, -0.1) is 0 Å². The summed E-state index contributed by atoms with van der Waals surface area (Å²) in [6, 6.07) is 25.0. The molecule has 1 aliphatic rings. The Bertz CT molecular complexity index is 1410. The number of amides is 1. The zero-order valence-electron chi connectivity index (χ0n) is 20.7. The van der Waals surface area contributed by atoms with Crippen molar-refractivity contribution in [3.8, 4) is 17.0 Å². The normalized spacial score (nSPS) is 13.7. The maximum Gasteiger partial charge on any atom is 0.258 e. The number of nitrogens with one attached hydrogen (secondary N) is 2. The maximum atomic E-state index is 14.6. The smallest absolute Gasteiger partial charge is 0.258 e. The number of hydrogen-bond acceptors (Lipinski definition) is 7. The van der Waals surface area contributed by atoms with Crippen LogP contribution in [0.3, 0.4) is 0 Å². The number of nitrogens with two attached hydrogens (primary N) is 2.